The van der Waals surface area contributed by atoms with Crippen LogP contribution in [0.2, 0.25) is 0 Å². The number of amides is 1. The van der Waals surface area contributed by atoms with Crippen molar-refractivity contribution in [2.75, 3.05) is 19.7 Å². The van der Waals surface area contributed by atoms with Crippen molar-refractivity contribution in [3.05, 3.63) is 77.9 Å². The molecular weight excluding hydrogens is 378 g/mol. The smallest absolute Gasteiger partial charge is 0.306 e. The van der Waals surface area contributed by atoms with E-state index in [2.05, 4.69) is 0 Å². The minimum Gasteiger partial charge on any atom is -0.493 e. The molecule has 3 aromatic rings. The molecule has 0 bridgehead atoms. The third-order valence-corrected chi connectivity index (χ3v) is 5.73. The molecule has 5 nitrogen and oxygen atoms in total. The molecule has 0 unspecified atom stereocenters. The van der Waals surface area contributed by atoms with E-state index in [1.165, 1.54) is 0 Å². The number of carboxylic acids is 1. The van der Waals surface area contributed by atoms with Gasteiger partial charge >= 0.3 is 5.97 Å². The number of likely N-dealkylation sites (tertiary alicyclic amines) is 1. The van der Waals surface area contributed by atoms with Gasteiger partial charge in [-0.15, -0.1) is 0 Å². The topological polar surface area (TPSA) is 66.8 Å². The molecule has 0 spiro atoms. The molecule has 1 heterocycles. The highest BCUT2D eigenvalue weighted by Gasteiger charge is 2.27. The van der Waals surface area contributed by atoms with Crippen LogP contribution in [0, 0.1) is 0 Å². The lowest BCUT2D eigenvalue weighted by molar-refractivity contribution is -0.137. The molecule has 0 atom stereocenters. The molecule has 1 aliphatic heterocycles. The summed E-state index contributed by atoms with van der Waals surface area (Å²) in [5.74, 6) is 0.254. The second kappa shape index (κ2) is 8.99. The number of fused-ring (bicyclic) bond motifs is 1. The van der Waals surface area contributed by atoms with E-state index >= 15 is 0 Å². The molecule has 1 fully saturated rings. The highest BCUT2D eigenvalue weighted by atomic mass is 16.5. The Labute approximate surface area is 175 Å². The maximum atomic E-state index is 13.2. The van der Waals surface area contributed by atoms with Crippen LogP contribution in [0.3, 0.4) is 0 Å². The summed E-state index contributed by atoms with van der Waals surface area (Å²) in [6, 6.07) is 21.7. The summed E-state index contributed by atoms with van der Waals surface area (Å²) in [6.45, 7) is 1.54. The molecule has 1 saturated heterocycles. The van der Waals surface area contributed by atoms with Crippen LogP contribution in [-0.2, 0) is 4.79 Å². The van der Waals surface area contributed by atoms with Crippen molar-refractivity contribution in [1.29, 1.82) is 0 Å². The quantitative estimate of drug-likeness (QED) is 0.647. The number of para-hydroxylation sites is 1. The van der Waals surface area contributed by atoms with E-state index in [0.29, 0.717) is 19.0 Å². The fourth-order valence-corrected chi connectivity index (χ4v) is 4.17. The van der Waals surface area contributed by atoms with E-state index in [-0.39, 0.29) is 18.9 Å². The van der Waals surface area contributed by atoms with Crippen LogP contribution in [-0.4, -0.2) is 41.6 Å². The summed E-state index contributed by atoms with van der Waals surface area (Å²) in [7, 11) is 0. The van der Waals surface area contributed by atoms with Crippen molar-refractivity contribution in [2.24, 2.45) is 0 Å². The number of hydrogen-bond donors (Lipinski definition) is 1. The molecular formula is C25H25NO4. The predicted molar refractivity (Wildman–Crippen MR) is 116 cm³/mol. The molecule has 3 aromatic carbocycles. The summed E-state index contributed by atoms with van der Waals surface area (Å²) < 4.78 is 5.73. The van der Waals surface area contributed by atoms with Crippen LogP contribution in [0.25, 0.3) is 10.8 Å². The first-order valence-electron chi connectivity index (χ1n) is 10.3. The third-order valence-electron chi connectivity index (χ3n) is 5.73. The Hall–Kier alpha value is -3.34. The molecule has 0 saturated carbocycles. The molecule has 1 N–H and O–H groups in total. The summed E-state index contributed by atoms with van der Waals surface area (Å²) in [6.07, 6.45) is 1.69. The number of benzene rings is 3. The normalized spacial score (nSPS) is 14.6. The Bertz CT molecular complexity index is 1050. The van der Waals surface area contributed by atoms with E-state index in [1.807, 2.05) is 71.6 Å². The van der Waals surface area contributed by atoms with Crippen LogP contribution in [0.5, 0.6) is 5.75 Å². The second-order valence-electron chi connectivity index (χ2n) is 7.62. The van der Waals surface area contributed by atoms with Gasteiger partial charge in [0.2, 0.25) is 0 Å². The van der Waals surface area contributed by atoms with Crippen LogP contribution in [0.1, 0.15) is 41.1 Å². The van der Waals surface area contributed by atoms with E-state index in [9.17, 15) is 9.59 Å². The predicted octanol–water partition coefficient (Wildman–Crippen LogP) is 4.71. The minimum absolute atomic E-state index is 0.0215. The number of rotatable bonds is 6. The van der Waals surface area contributed by atoms with Crippen LogP contribution < -0.4 is 4.74 Å². The van der Waals surface area contributed by atoms with E-state index in [0.717, 1.165) is 40.5 Å². The first kappa shape index (κ1) is 20.0. The van der Waals surface area contributed by atoms with Gasteiger partial charge in [0.1, 0.15) is 5.75 Å². The van der Waals surface area contributed by atoms with E-state index < -0.39 is 5.97 Å². The average Bonchev–Trinajstić information content (AvgIpc) is 2.78. The van der Waals surface area contributed by atoms with Gasteiger partial charge in [0.05, 0.1) is 13.0 Å². The number of carbonyl (C=O) groups excluding carboxylic acids is 1. The van der Waals surface area contributed by atoms with Gasteiger partial charge < -0.3 is 14.7 Å². The highest BCUT2D eigenvalue weighted by molar-refractivity contribution is 6.07. The Morgan fingerprint density at radius 1 is 0.933 bits per heavy atom. The van der Waals surface area contributed by atoms with Crippen molar-refractivity contribution in [3.63, 3.8) is 0 Å². The maximum Gasteiger partial charge on any atom is 0.306 e. The van der Waals surface area contributed by atoms with Crippen LogP contribution in [0.15, 0.2) is 66.7 Å². The molecule has 0 radical (unpaired) electrons. The number of carbonyl (C=O) groups is 2. The minimum atomic E-state index is -0.868. The standard InChI is InChI=1S/C25H25NO4/c27-24(28)14-17-30-23-11-4-3-9-21(23)19-12-15-26(16-13-19)25(29)22-10-5-7-18-6-1-2-8-20(18)22/h1-11,19H,12-17H2,(H,27,28). The van der Waals surface area contributed by atoms with Gasteiger partial charge in [-0.25, -0.2) is 0 Å². The van der Waals surface area contributed by atoms with E-state index in [1.54, 1.807) is 0 Å². The van der Waals surface area contributed by atoms with Gasteiger partial charge in [-0.05, 0) is 47.2 Å². The Kier molecular flexibility index (Phi) is 5.98. The van der Waals surface area contributed by atoms with Crippen molar-refractivity contribution in [2.45, 2.75) is 25.2 Å². The lowest BCUT2D eigenvalue weighted by atomic mass is 9.88. The van der Waals surface area contributed by atoms with Gasteiger partial charge in [-0.3, -0.25) is 9.59 Å². The maximum absolute atomic E-state index is 13.2. The average molecular weight is 403 g/mol. The summed E-state index contributed by atoms with van der Waals surface area (Å²) in [5, 5.41) is 10.9. The van der Waals surface area contributed by atoms with Crippen molar-refractivity contribution in [3.8, 4) is 5.75 Å². The third kappa shape index (κ3) is 4.30. The first-order valence-corrected chi connectivity index (χ1v) is 10.3. The fraction of sp³-hybridized carbons (Fsp3) is 0.280. The molecule has 1 aliphatic rings. The van der Waals surface area contributed by atoms with Gasteiger partial charge in [-0.1, -0.05) is 54.6 Å². The lowest BCUT2D eigenvalue weighted by Gasteiger charge is -2.33. The van der Waals surface area contributed by atoms with Gasteiger partial charge in [-0.2, -0.15) is 0 Å². The zero-order chi connectivity index (χ0) is 20.9. The van der Waals surface area contributed by atoms with Crippen molar-refractivity contribution < 1.29 is 19.4 Å². The molecule has 30 heavy (non-hydrogen) atoms. The number of hydrogen-bond acceptors (Lipinski definition) is 3. The fourth-order valence-electron chi connectivity index (χ4n) is 4.17. The summed E-state index contributed by atoms with van der Waals surface area (Å²) in [4.78, 5) is 25.9. The van der Waals surface area contributed by atoms with Crippen LogP contribution in [0.4, 0.5) is 0 Å². The van der Waals surface area contributed by atoms with Gasteiger partial charge in [0, 0.05) is 18.7 Å². The Morgan fingerprint density at radius 2 is 1.63 bits per heavy atom. The molecule has 5 heteroatoms. The van der Waals surface area contributed by atoms with Gasteiger partial charge in [0.15, 0.2) is 0 Å². The van der Waals surface area contributed by atoms with Crippen molar-refractivity contribution in [1.82, 2.24) is 4.90 Å². The zero-order valence-corrected chi connectivity index (χ0v) is 16.8. The number of carboxylic acid groups (broad SMARTS) is 1. The number of ether oxygens (including phenoxy) is 1. The van der Waals surface area contributed by atoms with Gasteiger partial charge in [0.25, 0.3) is 5.91 Å². The monoisotopic (exact) mass is 403 g/mol. The Balaban J connectivity index is 1.44. The van der Waals surface area contributed by atoms with Crippen LogP contribution >= 0.6 is 0 Å². The molecule has 1 amide bonds. The second-order valence-corrected chi connectivity index (χ2v) is 7.62. The first-order chi connectivity index (χ1) is 14.6. The summed E-state index contributed by atoms with van der Waals surface area (Å²) >= 11 is 0. The lowest BCUT2D eigenvalue weighted by Crippen LogP contribution is -2.38. The number of nitrogens with zero attached hydrogens (tertiary/aromatic N) is 1. The highest BCUT2D eigenvalue weighted by Crippen LogP contribution is 2.35. The molecule has 154 valence electrons. The number of piperidine rings is 1. The molecule has 0 aliphatic carbocycles. The molecule has 0 aromatic heterocycles. The largest absolute Gasteiger partial charge is 0.493 e. The van der Waals surface area contributed by atoms with E-state index in [4.69, 9.17) is 9.84 Å². The SMILES string of the molecule is O=C(O)CCOc1ccccc1C1CCN(C(=O)c2cccc3ccccc23)CC1. The van der Waals surface area contributed by atoms with Crippen molar-refractivity contribution >= 4 is 22.6 Å². The zero-order valence-electron chi connectivity index (χ0n) is 16.8. The Morgan fingerprint density at radius 3 is 2.43 bits per heavy atom. The molecule has 4 rings (SSSR count). The summed E-state index contributed by atoms with van der Waals surface area (Å²) in [5.41, 5.74) is 1.85. The number of aliphatic carboxylic acids is 1.